The Kier molecular flexibility index (Phi) is 4.66. The minimum atomic E-state index is -0.195. The van der Waals surface area contributed by atoms with Gasteiger partial charge in [0, 0.05) is 6.20 Å². The standard InChI is InChI=1S/C7H10IN2O2P/c1-2-12-7(11)5-6-3-4-9-10(6)13-8/h3-4,13H,2,5H2,1H3. The summed E-state index contributed by atoms with van der Waals surface area (Å²) in [5, 5.41) is 4.06. The number of aromatic nitrogens is 2. The number of nitrogens with zero attached hydrogens (tertiary/aromatic N) is 2. The molecule has 0 aromatic carbocycles. The van der Waals surface area contributed by atoms with E-state index in [9.17, 15) is 4.79 Å². The number of carbonyl (C=O) groups excluding carboxylic acids is 1. The molecule has 4 nitrogen and oxygen atoms in total. The second kappa shape index (κ2) is 5.54. The van der Waals surface area contributed by atoms with Crippen LogP contribution in [0.3, 0.4) is 0 Å². The lowest BCUT2D eigenvalue weighted by Gasteiger charge is -2.02. The predicted molar refractivity (Wildman–Crippen MR) is 60.3 cm³/mol. The van der Waals surface area contributed by atoms with Crippen LogP contribution in [0, 0.1) is 0 Å². The third-order valence-electron chi connectivity index (χ3n) is 1.43. The first-order valence-corrected chi connectivity index (χ1v) is 7.89. The van der Waals surface area contributed by atoms with Gasteiger partial charge in [-0.15, -0.1) is 0 Å². The summed E-state index contributed by atoms with van der Waals surface area (Å²) in [6.07, 6.45) is 2.53. The Morgan fingerprint density at radius 3 is 3.23 bits per heavy atom. The maximum atomic E-state index is 11.1. The van der Waals surface area contributed by atoms with Crippen molar-refractivity contribution in [3.05, 3.63) is 18.0 Å². The smallest absolute Gasteiger partial charge is 0.311 e. The van der Waals surface area contributed by atoms with Crippen molar-refractivity contribution in [2.75, 3.05) is 6.61 Å². The van der Waals surface area contributed by atoms with Crippen LogP contribution in [0.2, 0.25) is 0 Å². The van der Waals surface area contributed by atoms with E-state index in [0.717, 1.165) is 5.69 Å². The number of carbonyl (C=O) groups is 1. The molecule has 1 atom stereocenters. The molecule has 0 saturated carbocycles. The maximum absolute atomic E-state index is 11.1. The Bertz CT molecular complexity index is 290. The number of halogens is 1. The molecule has 72 valence electrons. The van der Waals surface area contributed by atoms with Crippen molar-refractivity contribution in [3.8, 4) is 0 Å². The molecule has 0 spiro atoms. The van der Waals surface area contributed by atoms with Gasteiger partial charge in [-0.05, 0) is 35.0 Å². The third-order valence-corrected chi connectivity index (χ3v) is 3.37. The zero-order valence-corrected chi connectivity index (χ0v) is 10.3. The normalized spacial score (nSPS) is 10.9. The van der Waals surface area contributed by atoms with Gasteiger partial charge in [0.2, 0.25) is 0 Å². The Morgan fingerprint density at radius 2 is 2.62 bits per heavy atom. The van der Waals surface area contributed by atoms with Gasteiger partial charge in [0.1, 0.15) is 0 Å². The van der Waals surface area contributed by atoms with Crippen LogP contribution in [-0.2, 0) is 16.0 Å². The molecule has 13 heavy (non-hydrogen) atoms. The molecule has 0 fully saturated rings. The van der Waals surface area contributed by atoms with Crippen molar-refractivity contribution in [1.82, 2.24) is 9.55 Å². The quantitative estimate of drug-likeness (QED) is 0.484. The second-order valence-electron chi connectivity index (χ2n) is 2.30. The molecule has 0 N–H and O–H groups in total. The fraction of sp³-hybridized carbons (Fsp3) is 0.429. The van der Waals surface area contributed by atoms with Crippen LogP contribution in [0.1, 0.15) is 12.6 Å². The molecular formula is C7H10IN2O2P. The van der Waals surface area contributed by atoms with E-state index in [0.29, 0.717) is 19.4 Å². The summed E-state index contributed by atoms with van der Waals surface area (Å²) in [5.41, 5.74) is 0.909. The largest absolute Gasteiger partial charge is 0.466 e. The van der Waals surface area contributed by atoms with Gasteiger partial charge in [0.25, 0.3) is 0 Å². The average molecular weight is 312 g/mol. The summed E-state index contributed by atoms with van der Waals surface area (Å²) >= 11 is 2.22. The van der Waals surface area contributed by atoms with Gasteiger partial charge in [-0.2, -0.15) is 5.10 Å². The van der Waals surface area contributed by atoms with Crippen LogP contribution in [0.5, 0.6) is 0 Å². The summed E-state index contributed by atoms with van der Waals surface area (Å²) in [7, 11) is 0. The van der Waals surface area contributed by atoms with Crippen molar-refractivity contribution >= 4 is 34.4 Å². The van der Waals surface area contributed by atoms with Gasteiger partial charge < -0.3 is 4.74 Å². The topological polar surface area (TPSA) is 44.1 Å². The fourth-order valence-corrected chi connectivity index (χ4v) is 2.58. The summed E-state index contributed by atoms with van der Waals surface area (Å²) in [4.78, 5) is 11.1. The van der Waals surface area contributed by atoms with Crippen molar-refractivity contribution in [2.24, 2.45) is 0 Å². The van der Waals surface area contributed by atoms with Gasteiger partial charge >= 0.3 is 5.97 Å². The maximum Gasteiger partial charge on any atom is 0.311 e. The molecule has 0 aliphatic rings. The number of hydrogen-bond acceptors (Lipinski definition) is 3. The van der Waals surface area contributed by atoms with E-state index in [4.69, 9.17) is 4.74 Å². The molecule has 1 heterocycles. The Hall–Kier alpha value is -0.160. The highest BCUT2D eigenvalue weighted by Gasteiger charge is 2.07. The van der Waals surface area contributed by atoms with E-state index in [1.165, 1.54) is 0 Å². The molecule has 0 radical (unpaired) electrons. The molecule has 1 aromatic heterocycles. The number of ether oxygens (including phenoxy) is 1. The first kappa shape index (κ1) is 10.9. The molecule has 0 aliphatic heterocycles. The van der Waals surface area contributed by atoms with Crippen molar-refractivity contribution < 1.29 is 9.53 Å². The van der Waals surface area contributed by atoms with Crippen molar-refractivity contribution in [3.63, 3.8) is 0 Å². The van der Waals surface area contributed by atoms with Crippen molar-refractivity contribution in [2.45, 2.75) is 13.3 Å². The highest BCUT2D eigenvalue weighted by Crippen LogP contribution is 2.24. The van der Waals surface area contributed by atoms with Crippen LogP contribution < -0.4 is 0 Å². The number of hydrogen-bond donors (Lipinski definition) is 0. The lowest BCUT2D eigenvalue weighted by molar-refractivity contribution is -0.142. The van der Waals surface area contributed by atoms with Gasteiger partial charge in [-0.25, -0.2) is 4.45 Å². The molecule has 0 amide bonds. The molecule has 1 rings (SSSR count). The monoisotopic (exact) mass is 312 g/mol. The van der Waals surface area contributed by atoms with Crippen LogP contribution in [0.4, 0.5) is 0 Å². The second-order valence-corrected chi connectivity index (χ2v) is 4.34. The SMILES string of the molecule is CCOC(=O)Cc1ccnn1PI. The molecule has 1 aromatic rings. The van der Waals surface area contributed by atoms with Crippen LogP contribution in [0.25, 0.3) is 0 Å². The van der Waals surface area contributed by atoms with Gasteiger partial charge in [0.15, 0.2) is 0 Å². The number of esters is 1. The minimum absolute atomic E-state index is 0.195. The van der Waals surface area contributed by atoms with E-state index in [1.807, 2.05) is 6.07 Å². The lowest BCUT2D eigenvalue weighted by atomic mass is 10.3. The Morgan fingerprint density at radius 1 is 1.85 bits per heavy atom. The molecule has 0 aliphatic carbocycles. The summed E-state index contributed by atoms with van der Waals surface area (Å²) in [5.74, 6) is -0.195. The van der Waals surface area contributed by atoms with E-state index in [1.54, 1.807) is 17.6 Å². The first-order chi connectivity index (χ1) is 6.27. The summed E-state index contributed by atoms with van der Waals surface area (Å²) < 4.78 is 6.64. The molecule has 1 unspecified atom stereocenters. The Labute approximate surface area is 91.4 Å². The number of rotatable bonds is 4. The Balaban J connectivity index is 2.57. The van der Waals surface area contributed by atoms with E-state index in [-0.39, 0.29) is 5.97 Å². The van der Waals surface area contributed by atoms with Crippen LogP contribution in [0.15, 0.2) is 12.3 Å². The summed E-state index contributed by atoms with van der Waals surface area (Å²) in [6, 6.07) is 1.84. The van der Waals surface area contributed by atoms with Gasteiger partial charge in [-0.1, -0.05) is 0 Å². The van der Waals surface area contributed by atoms with Gasteiger partial charge in [-0.3, -0.25) is 4.79 Å². The minimum Gasteiger partial charge on any atom is -0.466 e. The molecule has 0 bridgehead atoms. The lowest BCUT2D eigenvalue weighted by Crippen LogP contribution is -2.09. The van der Waals surface area contributed by atoms with E-state index in [2.05, 4.69) is 27.1 Å². The highest BCUT2D eigenvalue weighted by molar-refractivity contribution is 14.2. The third kappa shape index (κ3) is 3.23. The highest BCUT2D eigenvalue weighted by atomic mass is 127. The van der Waals surface area contributed by atoms with Gasteiger partial charge in [0.05, 0.1) is 25.1 Å². The zero-order chi connectivity index (χ0) is 9.68. The molecule has 0 saturated heterocycles. The van der Waals surface area contributed by atoms with Crippen LogP contribution >= 0.6 is 28.4 Å². The van der Waals surface area contributed by atoms with Crippen LogP contribution in [-0.4, -0.2) is 22.1 Å². The van der Waals surface area contributed by atoms with E-state index < -0.39 is 0 Å². The zero-order valence-electron chi connectivity index (χ0n) is 7.16. The summed E-state index contributed by atoms with van der Waals surface area (Å²) in [6.45, 7) is 2.23. The predicted octanol–water partition coefficient (Wildman–Crippen LogP) is 1.78. The first-order valence-electron chi connectivity index (χ1n) is 3.83. The molecule has 6 heteroatoms. The fourth-order valence-electron chi connectivity index (χ4n) is 0.901. The average Bonchev–Trinajstić information content (AvgIpc) is 2.52. The molecular weight excluding hydrogens is 302 g/mol. The van der Waals surface area contributed by atoms with Crippen molar-refractivity contribution in [1.29, 1.82) is 0 Å². The van der Waals surface area contributed by atoms with E-state index >= 15 is 0 Å².